The van der Waals surface area contributed by atoms with Crippen LogP contribution in [-0.2, 0) is 4.57 Å². The normalized spacial score (nSPS) is 13.0. The van der Waals surface area contributed by atoms with E-state index in [1.807, 2.05) is 84.9 Å². The van der Waals surface area contributed by atoms with Gasteiger partial charge in [0.15, 0.2) is 7.14 Å². The van der Waals surface area contributed by atoms with Gasteiger partial charge >= 0.3 is 0 Å². The third-order valence-corrected chi connectivity index (χ3v) is 7.95. The van der Waals surface area contributed by atoms with Crippen molar-refractivity contribution in [3.8, 4) is 5.75 Å². The van der Waals surface area contributed by atoms with Crippen LogP contribution in [0.5, 0.6) is 5.75 Å². The molecule has 144 valence electrons. The molecule has 3 aromatic rings. The fourth-order valence-corrected chi connectivity index (χ4v) is 6.14. The lowest BCUT2D eigenvalue weighted by Crippen LogP contribution is -2.36. The van der Waals surface area contributed by atoms with Crippen molar-refractivity contribution in [1.29, 1.82) is 0 Å². The average molecular weight is 394 g/mol. The van der Waals surface area contributed by atoms with Gasteiger partial charge in [-0.2, -0.15) is 0 Å². The Balaban J connectivity index is 2.13. The summed E-state index contributed by atoms with van der Waals surface area (Å²) in [5.74, 6) is 0.0136. The Bertz CT molecular complexity index is 930. The molecule has 6 heteroatoms. The number of ether oxygens (including phenoxy) is 1. The highest BCUT2D eigenvalue weighted by atomic mass is 31.2. The molecule has 0 aliphatic rings. The van der Waals surface area contributed by atoms with Gasteiger partial charge in [0.2, 0.25) is 0 Å². The summed E-state index contributed by atoms with van der Waals surface area (Å²) >= 11 is 0. The first kappa shape index (κ1) is 19.7. The molecule has 0 saturated carbocycles. The molecule has 0 heterocycles. The van der Waals surface area contributed by atoms with Gasteiger partial charge in [0.1, 0.15) is 11.5 Å². The van der Waals surface area contributed by atoms with Crippen LogP contribution >= 0.6 is 7.14 Å². The fraction of sp³-hybridized carbons (Fsp3) is 0.136. The minimum absolute atomic E-state index is 0.340. The molecule has 0 aliphatic heterocycles. The Kier molecular flexibility index (Phi) is 6.17. The summed E-state index contributed by atoms with van der Waals surface area (Å²) in [6.45, 7) is 1.67. The molecule has 0 spiro atoms. The number of oxime groups is 1. The lowest BCUT2D eigenvalue weighted by atomic mass is 10.3. The minimum atomic E-state index is -3.22. The van der Waals surface area contributed by atoms with Gasteiger partial charge in [-0.25, -0.2) is 0 Å². The number of benzene rings is 3. The van der Waals surface area contributed by atoms with Crippen LogP contribution in [-0.4, -0.2) is 23.8 Å². The molecule has 5 nitrogen and oxygen atoms in total. The topological polar surface area (TPSA) is 70.9 Å². The van der Waals surface area contributed by atoms with Crippen molar-refractivity contribution in [2.24, 2.45) is 5.16 Å². The number of hydrogen-bond donors (Lipinski definition) is 2. The Morgan fingerprint density at radius 3 is 1.86 bits per heavy atom. The van der Waals surface area contributed by atoms with Crippen molar-refractivity contribution in [3.05, 3.63) is 84.9 Å². The van der Waals surface area contributed by atoms with E-state index in [-0.39, 0.29) is 0 Å². The third-order valence-electron chi connectivity index (χ3n) is 4.59. The highest BCUT2D eigenvalue weighted by molar-refractivity contribution is 7.80. The maximum Gasteiger partial charge on any atom is 0.170 e. The summed E-state index contributed by atoms with van der Waals surface area (Å²) in [7, 11) is -1.62. The van der Waals surface area contributed by atoms with Crippen LogP contribution in [0.15, 0.2) is 90.1 Å². The Hall–Kier alpha value is -3.04. The predicted octanol–water partition coefficient (Wildman–Crippen LogP) is 4.30. The van der Waals surface area contributed by atoms with Gasteiger partial charge in [0.25, 0.3) is 0 Å². The molecule has 3 aromatic carbocycles. The number of anilines is 1. The minimum Gasteiger partial charge on any atom is -0.497 e. The third kappa shape index (κ3) is 3.95. The molecule has 2 N–H and O–H groups in total. The molecule has 0 fully saturated rings. The number of rotatable bonds is 7. The van der Waals surface area contributed by atoms with Crippen LogP contribution in [0.25, 0.3) is 0 Å². The molecule has 28 heavy (non-hydrogen) atoms. The molecule has 0 aromatic heterocycles. The SMILES string of the molecule is COc1ccc(NC(/C(C)=N/O)P(=O)(c2ccccc2)c2ccccc2)cc1. The van der Waals surface area contributed by atoms with E-state index in [4.69, 9.17) is 4.74 Å². The molecule has 0 saturated heterocycles. The summed E-state index contributed by atoms with van der Waals surface area (Å²) in [6.07, 6.45) is 0. The number of methoxy groups -OCH3 is 1. The zero-order valence-electron chi connectivity index (χ0n) is 15.8. The Morgan fingerprint density at radius 2 is 1.43 bits per heavy atom. The molecule has 1 atom stereocenters. The second kappa shape index (κ2) is 8.77. The second-order valence-electron chi connectivity index (χ2n) is 6.35. The van der Waals surface area contributed by atoms with E-state index in [1.165, 1.54) is 0 Å². The first-order chi connectivity index (χ1) is 13.6. The number of nitrogens with zero attached hydrogens (tertiary/aromatic N) is 1. The zero-order chi connectivity index (χ0) is 20.0. The van der Waals surface area contributed by atoms with Gasteiger partial charge in [0.05, 0.1) is 12.8 Å². The van der Waals surface area contributed by atoms with Crippen LogP contribution in [0.3, 0.4) is 0 Å². The van der Waals surface area contributed by atoms with Gasteiger partial charge in [-0.15, -0.1) is 0 Å². The maximum absolute atomic E-state index is 14.6. The van der Waals surface area contributed by atoms with Gasteiger partial charge < -0.3 is 19.8 Å². The summed E-state index contributed by atoms with van der Waals surface area (Å²) in [4.78, 5) is 0. The van der Waals surface area contributed by atoms with Crippen molar-refractivity contribution < 1.29 is 14.5 Å². The van der Waals surface area contributed by atoms with Crippen LogP contribution in [0, 0.1) is 0 Å². The smallest absolute Gasteiger partial charge is 0.170 e. The average Bonchev–Trinajstić information content (AvgIpc) is 2.78. The molecule has 0 aliphatic carbocycles. The molecule has 1 unspecified atom stereocenters. The van der Waals surface area contributed by atoms with E-state index < -0.39 is 12.9 Å². The highest BCUT2D eigenvalue weighted by Gasteiger charge is 2.39. The lowest BCUT2D eigenvalue weighted by Gasteiger charge is -2.29. The first-order valence-corrected chi connectivity index (χ1v) is 10.7. The van der Waals surface area contributed by atoms with Crippen molar-refractivity contribution >= 4 is 29.2 Å². The number of nitrogens with one attached hydrogen (secondary N) is 1. The fourth-order valence-electron chi connectivity index (χ4n) is 3.10. The molecule has 3 rings (SSSR count). The van der Waals surface area contributed by atoms with Crippen molar-refractivity contribution in [2.45, 2.75) is 12.7 Å². The molecular formula is C22H23N2O3P. The maximum atomic E-state index is 14.6. The van der Waals surface area contributed by atoms with Gasteiger partial charge in [-0.1, -0.05) is 65.8 Å². The second-order valence-corrected chi connectivity index (χ2v) is 9.21. The van der Waals surface area contributed by atoms with E-state index in [9.17, 15) is 9.77 Å². The van der Waals surface area contributed by atoms with Gasteiger partial charge in [-0.3, -0.25) is 0 Å². The van der Waals surface area contributed by atoms with E-state index >= 15 is 0 Å². The van der Waals surface area contributed by atoms with E-state index in [0.29, 0.717) is 16.3 Å². The van der Waals surface area contributed by atoms with Crippen LogP contribution in [0.4, 0.5) is 5.69 Å². The first-order valence-electron chi connectivity index (χ1n) is 8.89. The van der Waals surface area contributed by atoms with Gasteiger partial charge in [0, 0.05) is 16.3 Å². The predicted molar refractivity (Wildman–Crippen MR) is 115 cm³/mol. The largest absolute Gasteiger partial charge is 0.497 e. The van der Waals surface area contributed by atoms with E-state index in [0.717, 1.165) is 11.4 Å². The summed E-state index contributed by atoms with van der Waals surface area (Å²) in [5.41, 5.74) is 1.09. The Morgan fingerprint density at radius 1 is 0.929 bits per heavy atom. The summed E-state index contributed by atoms with van der Waals surface area (Å²) in [6, 6.07) is 25.9. The molecule has 0 radical (unpaired) electrons. The van der Waals surface area contributed by atoms with Crippen molar-refractivity contribution in [3.63, 3.8) is 0 Å². The monoisotopic (exact) mass is 394 g/mol. The van der Waals surface area contributed by atoms with Crippen LogP contribution in [0.2, 0.25) is 0 Å². The zero-order valence-corrected chi connectivity index (χ0v) is 16.7. The Labute approximate surface area is 165 Å². The van der Waals surface area contributed by atoms with Gasteiger partial charge in [-0.05, 0) is 31.2 Å². The van der Waals surface area contributed by atoms with Crippen LogP contribution < -0.4 is 20.7 Å². The summed E-state index contributed by atoms with van der Waals surface area (Å²) in [5, 5.41) is 17.6. The van der Waals surface area contributed by atoms with Crippen LogP contribution in [0.1, 0.15) is 6.92 Å². The highest BCUT2D eigenvalue weighted by Crippen LogP contribution is 2.49. The van der Waals surface area contributed by atoms with Crippen molar-refractivity contribution in [1.82, 2.24) is 0 Å². The molecule has 0 bridgehead atoms. The molecule has 0 amide bonds. The standard InChI is InChI=1S/C22H23N2O3P/c1-17(24-25)22(23-18-13-15-19(27-2)16-14-18)28(26,20-9-5-3-6-10-20)21-11-7-4-8-12-21/h3-16,22-23,25H,1-2H3/b24-17+. The molecular weight excluding hydrogens is 371 g/mol. The van der Waals surface area contributed by atoms with Crippen molar-refractivity contribution in [2.75, 3.05) is 12.4 Å². The summed E-state index contributed by atoms with van der Waals surface area (Å²) < 4.78 is 19.8. The van der Waals surface area contributed by atoms with E-state index in [2.05, 4.69) is 10.5 Å². The quantitative estimate of drug-likeness (QED) is 0.271. The van der Waals surface area contributed by atoms with E-state index in [1.54, 1.807) is 14.0 Å². The lowest BCUT2D eigenvalue weighted by molar-refractivity contribution is 0.317. The number of hydrogen-bond acceptors (Lipinski definition) is 5.